The highest BCUT2D eigenvalue weighted by Gasteiger charge is 2.28. The quantitative estimate of drug-likeness (QED) is 0.652. The van der Waals surface area contributed by atoms with Crippen LogP contribution in [-0.2, 0) is 18.5 Å². The number of hydrazone groups is 1. The lowest BCUT2D eigenvalue weighted by atomic mass is 10.0. The van der Waals surface area contributed by atoms with Crippen LogP contribution in [0, 0.1) is 5.92 Å². The van der Waals surface area contributed by atoms with E-state index < -0.39 is 0 Å². The van der Waals surface area contributed by atoms with Gasteiger partial charge >= 0.3 is 0 Å². The first-order valence-corrected chi connectivity index (χ1v) is 10.3. The van der Waals surface area contributed by atoms with Gasteiger partial charge < -0.3 is 5.43 Å². The van der Waals surface area contributed by atoms with E-state index in [9.17, 15) is 4.79 Å². The van der Waals surface area contributed by atoms with E-state index in [0.29, 0.717) is 30.4 Å². The van der Waals surface area contributed by atoms with Gasteiger partial charge in [-0.2, -0.15) is 15.3 Å². The van der Waals surface area contributed by atoms with Gasteiger partial charge in [-0.15, -0.1) is 0 Å². The first kappa shape index (κ1) is 20.0. The molecule has 1 aliphatic rings. The molecule has 0 spiro atoms. The van der Waals surface area contributed by atoms with Crippen molar-refractivity contribution >= 4 is 6.21 Å². The molecule has 0 bridgehead atoms. The van der Waals surface area contributed by atoms with Crippen LogP contribution in [0.4, 0.5) is 0 Å². The van der Waals surface area contributed by atoms with Gasteiger partial charge in [0, 0.05) is 30.8 Å². The van der Waals surface area contributed by atoms with Crippen molar-refractivity contribution in [3.8, 4) is 11.4 Å². The summed E-state index contributed by atoms with van der Waals surface area (Å²) in [7, 11) is 0. The first-order chi connectivity index (χ1) is 14.4. The summed E-state index contributed by atoms with van der Waals surface area (Å²) < 4.78 is 3.69. The Balaban J connectivity index is 1.55. The molecule has 0 aliphatic carbocycles. The molecule has 1 aromatic carbocycles. The zero-order valence-corrected chi connectivity index (χ0v) is 17.6. The maximum absolute atomic E-state index is 12.4. The molecule has 1 unspecified atom stereocenters. The van der Waals surface area contributed by atoms with Gasteiger partial charge in [0.25, 0.3) is 0 Å². The Labute approximate surface area is 175 Å². The van der Waals surface area contributed by atoms with E-state index in [2.05, 4.69) is 39.6 Å². The van der Waals surface area contributed by atoms with Crippen LogP contribution in [-0.4, -0.2) is 37.3 Å². The summed E-state index contributed by atoms with van der Waals surface area (Å²) in [4.78, 5) is 16.9. The number of nitrogens with zero attached hydrogens (tertiary/aromatic N) is 6. The molecule has 3 heterocycles. The molecule has 1 N–H and O–H groups in total. The summed E-state index contributed by atoms with van der Waals surface area (Å²) in [6.07, 6.45) is 6.82. The second-order valence-corrected chi connectivity index (χ2v) is 8.41. The molecule has 30 heavy (non-hydrogen) atoms. The average Bonchev–Trinajstić information content (AvgIpc) is 3.38. The molecular formula is C22H27N7O. The van der Waals surface area contributed by atoms with Crippen molar-refractivity contribution in [2.75, 3.05) is 6.54 Å². The molecule has 3 aromatic rings. The minimum atomic E-state index is -0.378. The third-order valence-corrected chi connectivity index (χ3v) is 5.30. The molecule has 0 amide bonds. The zero-order valence-electron chi connectivity index (χ0n) is 17.6. The van der Waals surface area contributed by atoms with Gasteiger partial charge in [0.2, 0.25) is 5.43 Å². The molecular weight excluding hydrogens is 378 g/mol. The number of aromatic nitrogens is 5. The Morgan fingerprint density at radius 3 is 2.87 bits per heavy atom. The number of aryl methyl sites for hydroxylation is 1. The fraction of sp³-hybridized carbons (Fsp3) is 0.409. The highest BCUT2D eigenvalue weighted by molar-refractivity contribution is 5.69. The molecule has 2 aromatic heterocycles. The lowest BCUT2D eigenvalue weighted by molar-refractivity contribution is 0.400. The predicted molar refractivity (Wildman–Crippen MR) is 116 cm³/mol. The summed E-state index contributed by atoms with van der Waals surface area (Å²) in [5.41, 5.74) is 4.94. The third-order valence-electron chi connectivity index (χ3n) is 5.30. The summed E-state index contributed by atoms with van der Waals surface area (Å²) >= 11 is 0. The SMILES string of the molecule is CC(C)CCn1cnc(-c2cccc(Cc3nn(C4(C)C=NNC4)ccc3=O)c2)n1. The lowest BCUT2D eigenvalue weighted by Crippen LogP contribution is -2.38. The molecule has 0 saturated carbocycles. The van der Waals surface area contributed by atoms with E-state index in [4.69, 9.17) is 0 Å². The van der Waals surface area contributed by atoms with Gasteiger partial charge in [0.15, 0.2) is 5.82 Å². The average molecular weight is 406 g/mol. The van der Waals surface area contributed by atoms with Gasteiger partial charge in [-0.05, 0) is 30.9 Å². The minimum Gasteiger partial charge on any atom is -0.307 e. The van der Waals surface area contributed by atoms with Gasteiger partial charge in [0.1, 0.15) is 17.6 Å². The van der Waals surface area contributed by atoms with Crippen molar-refractivity contribution in [3.05, 3.63) is 64.3 Å². The normalized spacial score (nSPS) is 18.1. The molecule has 0 fully saturated rings. The van der Waals surface area contributed by atoms with Crippen molar-refractivity contribution in [1.29, 1.82) is 0 Å². The smallest absolute Gasteiger partial charge is 0.203 e. The lowest BCUT2D eigenvalue weighted by Gasteiger charge is -2.22. The van der Waals surface area contributed by atoms with Crippen molar-refractivity contribution in [2.45, 2.75) is 45.7 Å². The van der Waals surface area contributed by atoms with Gasteiger partial charge in [-0.1, -0.05) is 32.0 Å². The largest absolute Gasteiger partial charge is 0.307 e. The first-order valence-electron chi connectivity index (χ1n) is 10.3. The highest BCUT2D eigenvalue weighted by Crippen LogP contribution is 2.18. The number of hydrogen-bond donors (Lipinski definition) is 1. The van der Waals surface area contributed by atoms with Crippen LogP contribution in [0.1, 0.15) is 38.4 Å². The van der Waals surface area contributed by atoms with Crippen LogP contribution in [0.2, 0.25) is 0 Å². The van der Waals surface area contributed by atoms with E-state index >= 15 is 0 Å². The van der Waals surface area contributed by atoms with Crippen LogP contribution in [0.3, 0.4) is 0 Å². The van der Waals surface area contributed by atoms with Crippen molar-refractivity contribution in [2.24, 2.45) is 11.0 Å². The third kappa shape index (κ3) is 4.32. The maximum Gasteiger partial charge on any atom is 0.203 e. The standard InChI is InChI=1S/C22H27N7O/c1-16(2)7-9-28-15-23-21(27-28)18-6-4-5-17(11-18)12-19-20(30)8-10-29(26-19)22(3)13-24-25-14-22/h4-6,8,10-11,13,15-16,25H,7,9,12,14H2,1-3H3. The second-order valence-electron chi connectivity index (χ2n) is 8.41. The fourth-order valence-electron chi connectivity index (χ4n) is 3.37. The van der Waals surface area contributed by atoms with Crippen LogP contribution >= 0.6 is 0 Å². The Morgan fingerprint density at radius 2 is 2.10 bits per heavy atom. The maximum atomic E-state index is 12.4. The predicted octanol–water partition coefficient (Wildman–Crippen LogP) is 2.44. The molecule has 1 atom stereocenters. The van der Waals surface area contributed by atoms with E-state index in [1.54, 1.807) is 23.3 Å². The van der Waals surface area contributed by atoms with Crippen molar-refractivity contribution in [1.82, 2.24) is 30.0 Å². The molecule has 1 aliphatic heterocycles. The molecule has 0 saturated heterocycles. The van der Waals surface area contributed by atoms with Crippen LogP contribution in [0.25, 0.3) is 11.4 Å². The topological polar surface area (TPSA) is 90.0 Å². The van der Waals surface area contributed by atoms with Crippen LogP contribution < -0.4 is 10.9 Å². The Bertz CT molecular complexity index is 1110. The fourth-order valence-corrected chi connectivity index (χ4v) is 3.37. The minimum absolute atomic E-state index is 0.0702. The molecule has 8 heteroatoms. The Hall–Kier alpha value is -3.29. The molecule has 8 nitrogen and oxygen atoms in total. The summed E-state index contributed by atoms with van der Waals surface area (Å²) in [5.74, 6) is 1.32. The molecule has 156 valence electrons. The number of rotatable bonds is 7. The van der Waals surface area contributed by atoms with Crippen molar-refractivity contribution < 1.29 is 0 Å². The van der Waals surface area contributed by atoms with E-state index in [1.165, 1.54) is 0 Å². The summed E-state index contributed by atoms with van der Waals surface area (Å²) in [6.45, 7) is 7.92. The summed E-state index contributed by atoms with van der Waals surface area (Å²) in [5, 5.41) is 13.3. The highest BCUT2D eigenvalue weighted by atomic mass is 16.1. The van der Waals surface area contributed by atoms with E-state index in [0.717, 1.165) is 24.1 Å². The van der Waals surface area contributed by atoms with Gasteiger partial charge in [-0.3, -0.25) is 14.2 Å². The van der Waals surface area contributed by atoms with E-state index in [1.807, 2.05) is 42.1 Å². The summed E-state index contributed by atoms with van der Waals surface area (Å²) in [6, 6.07) is 9.56. The van der Waals surface area contributed by atoms with Gasteiger partial charge in [0.05, 0.1) is 12.8 Å². The number of hydrogen-bond acceptors (Lipinski definition) is 6. The molecule has 4 rings (SSSR count). The molecule has 0 radical (unpaired) electrons. The monoisotopic (exact) mass is 405 g/mol. The number of nitrogens with one attached hydrogen (secondary N) is 1. The second kappa shape index (κ2) is 8.22. The zero-order chi connectivity index (χ0) is 21.1. The number of benzene rings is 1. The van der Waals surface area contributed by atoms with Crippen LogP contribution in [0.5, 0.6) is 0 Å². The van der Waals surface area contributed by atoms with Crippen LogP contribution in [0.15, 0.2) is 52.8 Å². The van der Waals surface area contributed by atoms with E-state index in [-0.39, 0.29) is 11.0 Å². The van der Waals surface area contributed by atoms with Crippen molar-refractivity contribution in [3.63, 3.8) is 0 Å². The Morgan fingerprint density at radius 1 is 1.23 bits per heavy atom. The van der Waals surface area contributed by atoms with Gasteiger partial charge in [-0.25, -0.2) is 4.98 Å². The Kier molecular flexibility index (Phi) is 5.48.